The van der Waals surface area contributed by atoms with Crippen LogP contribution >= 0.6 is 0 Å². The molecule has 0 saturated heterocycles. The van der Waals surface area contributed by atoms with Crippen LogP contribution in [0.25, 0.3) is 0 Å². The standard InChI is InChI=1S/C17H17N3O5/c1-11-5-7-18-14(9-11)17(22)19-8-6-16(21)13-10-12(25-2)3-4-15(13)20(23)24/h3-5,7,9-10H,6,8H2,1-2H3,(H,19,22). The molecular weight excluding hydrogens is 326 g/mol. The molecule has 1 amide bonds. The van der Waals surface area contributed by atoms with Crippen molar-refractivity contribution in [2.24, 2.45) is 0 Å². The summed E-state index contributed by atoms with van der Waals surface area (Å²) in [7, 11) is 1.41. The fourth-order valence-electron chi connectivity index (χ4n) is 2.20. The number of nitro groups is 1. The van der Waals surface area contributed by atoms with Gasteiger partial charge in [0.2, 0.25) is 0 Å². The molecule has 0 bridgehead atoms. The number of hydrogen-bond donors (Lipinski definition) is 1. The van der Waals surface area contributed by atoms with Crippen LogP contribution in [0.4, 0.5) is 5.69 Å². The maximum absolute atomic E-state index is 12.3. The van der Waals surface area contributed by atoms with Crippen molar-refractivity contribution in [3.63, 3.8) is 0 Å². The normalized spacial score (nSPS) is 10.2. The molecule has 8 heteroatoms. The Kier molecular flexibility index (Phi) is 5.78. The number of carbonyl (C=O) groups excluding carboxylic acids is 2. The molecule has 1 aromatic heterocycles. The Labute approximate surface area is 144 Å². The third-order valence-electron chi connectivity index (χ3n) is 3.49. The zero-order valence-corrected chi connectivity index (χ0v) is 13.8. The minimum atomic E-state index is -0.623. The average Bonchev–Trinajstić information content (AvgIpc) is 2.60. The number of benzene rings is 1. The van der Waals surface area contributed by atoms with E-state index in [9.17, 15) is 19.7 Å². The number of amides is 1. The van der Waals surface area contributed by atoms with Crippen LogP contribution in [-0.4, -0.2) is 35.3 Å². The highest BCUT2D eigenvalue weighted by Gasteiger charge is 2.21. The van der Waals surface area contributed by atoms with Crippen molar-refractivity contribution in [3.8, 4) is 5.75 Å². The number of carbonyl (C=O) groups is 2. The molecule has 0 saturated carbocycles. The molecular formula is C17H17N3O5. The summed E-state index contributed by atoms with van der Waals surface area (Å²) in [6.07, 6.45) is 1.45. The number of ketones is 1. The molecule has 0 aliphatic rings. The number of aromatic nitrogens is 1. The van der Waals surface area contributed by atoms with Gasteiger partial charge in [-0.2, -0.15) is 0 Å². The summed E-state index contributed by atoms with van der Waals surface area (Å²) in [5.41, 5.74) is 0.799. The van der Waals surface area contributed by atoms with E-state index < -0.39 is 16.6 Å². The summed E-state index contributed by atoms with van der Waals surface area (Å²) in [6.45, 7) is 1.88. The lowest BCUT2D eigenvalue weighted by Crippen LogP contribution is -2.27. The first kappa shape index (κ1) is 18.1. The first-order valence-corrected chi connectivity index (χ1v) is 7.49. The van der Waals surface area contributed by atoms with Crippen molar-refractivity contribution in [1.82, 2.24) is 10.3 Å². The van der Waals surface area contributed by atoms with Crippen molar-refractivity contribution in [2.75, 3.05) is 13.7 Å². The maximum atomic E-state index is 12.3. The minimum absolute atomic E-state index is 0.0433. The largest absolute Gasteiger partial charge is 0.497 e. The monoisotopic (exact) mass is 343 g/mol. The quantitative estimate of drug-likeness (QED) is 0.469. The zero-order valence-electron chi connectivity index (χ0n) is 13.8. The van der Waals surface area contributed by atoms with Crippen molar-refractivity contribution >= 4 is 17.4 Å². The van der Waals surface area contributed by atoms with E-state index in [-0.39, 0.29) is 29.9 Å². The van der Waals surface area contributed by atoms with Gasteiger partial charge in [0.15, 0.2) is 5.78 Å². The van der Waals surface area contributed by atoms with E-state index in [4.69, 9.17) is 4.74 Å². The van der Waals surface area contributed by atoms with Gasteiger partial charge in [-0.3, -0.25) is 24.7 Å². The van der Waals surface area contributed by atoms with E-state index in [1.165, 1.54) is 31.5 Å². The number of ether oxygens (including phenoxy) is 1. The van der Waals surface area contributed by atoms with Gasteiger partial charge in [0.25, 0.3) is 11.6 Å². The fraction of sp³-hybridized carbons (Fsp3) is 0.235. The number of hydrogen-bond acceptors (Lipinski definition) is 6. The molecule has 0 unspecified atom stereocenters. The second-order valence-corrected chi connectivity index (χ2v) is 5.29. The lowest BCUT2D eigenvalue weighted by atomic mass is 10.1. The Bertz CT molecular complexity index is 820. The third-order valence-corrected chi connectivity index (χ3v) is 3.49. The van der Waals surface area contributed by atoms with Crippen LogP contribution in [0.3, 0.4) is 0 Å². The van der Waals surface area contributed by atoms with Gasteiger partial charge in [-0.25, -0.2) is 0 Å². The summed E-state index contributed by atoms with van der Waals surface area (Å²) in [5.74, 6) is -0.512. The van der Waals surface area contributed by atoms with Gasteiger partial charge in [-0.1, -0.05) is 0 Å². The Morgan fingerprint density at radius 1 is 1.28 bits per heavy atom. The van der Waals surface area contributed by atoms with Crippen LogP contribution in [0, 0.1) is 17.0 Å². The van der Waals surface area contributed by atoms with Crippen molar-refractivity contribution < 1.29 is 19.2 Å². The van der Waals surface area contributed by atoms with E-state index >= 15 is 0 Å². The molecule has 25 heavy (non-hydrogen) atoms. The van der Waals surface area contributed by atoms with Gasteiger partial charge in [0.05, 0.1) is 17.6 Å². The van der Waals surface area contributed by atoms with Crippen molar-refractivity contribution in [1.29, 1.82) is 0 Å². The van der Waals surface area contributed by atoms with Crippen molar-refractivity contribution in [2.45, 2.75) is 13.3 Å². The second-order valence-electron chi connectivity index (χ2n) is 5.29. The van der Waals surface area contributed by atoms with E-state index in [2.05, 4.69) is 10.3 Å². The summed E-state index contributed by atoms with van der Waals surface area (Å²) < 4.78 is 5.00. The van der Waals surface area contributed by atoms with Gasteiger partial charge < -0.3 is 10.1 Å². The van der Waals surface area contributed by atoms with Crippen LogP contribution in [0.2, 0.25) is 0 Å². The first-order chi connectivity index (χ1) is 11.9. The maximum Gasteiger partial charge on any atom is 0.280 e. The van der Waals surface area contributed by atoms with E-state index in [1.807, 2.05) is 6.92 Å². The van der Waals surface area contributed by atoms with Crippen LogP contribution < -0.4 is 10.1 Å². The number of nitro benzene ring substituents is 1. The second kappa shape index (κ2) is 8.00. The van der Waals surface area contributed by atoms with Gasteiger partial charge in [0, 0.05) is 25.2 Å². The van der Waals surface area contributed by atoms with Crippen LogP contribution in [0.1, 0.15) is 32.8 Å². The summed E-state index contributed by atoms with van der Waals surface area (Å²) in [5, 5.41) is 13.6. The Morgan fingerprint density at radius 2 is 2.04 bits per heavy atom. The molecule has 130 valence electrons. The highest BCUT2D eigenvalue weighted by molar-refractivity contribution is 6.00. The van der Waals surface area contributed by atoms with Gasteiger partial charge >= 0.3 is 0 Å². The molecule has 0 spiro atoms. The lowest BCUT2D eigenvalue weighted by molar-refractivity contribution is -0.385. The molecule has 1 N–H and O–H groups in total. The molecule has 2 rings (SSSR count). The van der Waals surface area contributed by atoms with Crippen LogP contribution in [-0.2, 0) is 0 Å². The summed E-state index contributed by atoms with van der Waals surface area (Å²) >= 11 is 0. The first-order valence-electron chi connectivity index (χ1n) is 7.49. The highest BCUT2D eigenvalue weighted by Crippen LogP contribution is 2.25. The zero-order chi connectivity index (χ0) is 18.4. The lowest BCUT2D eigenvalue weighted by Gasteiger charge is -2.07. The molecule has 0 aliphatic heterocycles. The summed E-state index contributed by atoms with van der Waals surface area (Å²) in [4.78, 5) is 38.6. The van der Waals surface area contributed by atoms with Crippen LogP contribution in [0.5, 0.6) is 5.75 Å². The summed E-state index contributed by atoms with van der Waals surface area (Å²) in [6, 6.07) is 7.36. The molecule has 1 heterocycles. The number of pyridine rings is 1. The highest BCUT2D eigenvalue weighted by atomic mass is 16.6. The molecule has 0 aliphatic carbocycles. The van der Waals surface area contributed by atoms with E-state index in [0.717, 1.165) is 5.56 Å². The number of rotatable bonds is 7. The van der Waals surface area contributed by atoms with E-state index in [0.29, 0.717) is 5.75 Å². The smallest absolute Gasteiger partial charge is 0.280 e. The number of nitrogens with zero attached hydrogens (tertiary/aromatic N) is 2. The SMILES string of the molecule is COc1ccc([N+](=O)[O-])c(C(=O)CCNC(=O)c2cc(C)ccn2)c1. The van der Waals surface area contributed by atoms with Crippen LogP contribution in [0.15, 0.2) is 36.5 Å². The molecule has 1 aromatic carbocycles. The van der Waals surface area contributed by atoms with Gasteiger partial charge in [-0.15, -0.1) is 0 Å². The molecule has 0 atom stereocenters. The predicted octanol–water partition coefficient (Wildman–Crippen LogP) is 2.31. The van der Waals surface area contributed by atoms with Gasteiger partial charge in [0.1, 0.15) is 11.4 Å². The number of nitrogens with one attached hydrogen (secondary N) is 1. The molecule has 2 aromatic rings. The number of Topliss-reactive ketones (excluding diaryl/α,β-unsaturated/α-hetero) is 1. The Hall–Kier alpha value is -3.29. The number of methoxy groups -OCH3 is 1. The van der Waals surface area contributed by atoms with E-state index in [1.54, 1.807) is 12.1 Å². The third kappa shape index (κ3) is 4.60. The molecule has 0 fully saturated rings. The average molecular weight is 343 g/mol. The molecule has 8 nitrogen and oxygen atoms in total. The van der Waals surface area contributed by atoms with Gasteiger partial charge in [-0.05, 0) is 36.8 Å². The Balaban J connectivity index is 2.03. The minimum Gasteiger partial charge on any atom is -0.497 e. The predicted molar refractivity (Wildman–Crippen MR) is 89.9 cm³/mol. The topological polar surface area (TPSA) is 111 Å². The number of aryl methyl sites for hydroxylation is 1. The molecule has 0 radical (unpaired) electrons. The van der Waals surface area contributed by atoms with Crippen molar-refractivity contribution in [3.05, 3.63) is 63.5 Å². The Morgan fingerprint density at radius 3 is 2.68 bits per heavy atom. The fourth-order valence-corrected chi connectivity index (χ4v) is 2.20.